The number of carbonyl (C=O) groups is 1. The highest BCUT2D eigenvalue weighted by molar-refractivity contribution is 5.85. The van der Waals surface area contributed by atoms with Crippen molar-refractivity contribution in [2.75, 3.05) is 20.3 Å². The molecule has 0 aliphatic carbocycles. The Balaban J connectivity index is 0.00000144. The average Bonchev–Trinajstić information content (AvgIpc) is 2.07. The van der Waals surface area contributed by atoms with E-state index in [2.05, 4.69) is 5.32 Å². The van der Waals surface area contributed by atoms with Crippen LogP contribution in [0.5, 0.6) is 0 Å². The number of ether oxygens (including phenoxy) is 1. The summed E-state index contributed by atoms with van der Waals surface area (Å²) in [4.78, 5) is 10.7. The van der Waals surface area contributed by atoms with Crippen LogP contribution >= 0.6 is 12.4 Å². The van der Waals surface area contributed by atoms with E-state index in [1.165, 1.54) is 0 Å². The molecule has 0 bridgehead atoms. The van der Waals surface area contributed by atoms with Gasteiger partial charge in [-0.1, -0.05) is 0 Å². The van der Waals surface area contributed by atoms with Crippen LogP contribution in [0.1, 0.15) is 12.8 Å². The summed E-state index contributed by atoms with van der Waals surface area (Å²) in [7, 11) is 1.69. The second kappa shape index (κ2) is 6.18. The first kappa shape index (κ1) is 12.7. The third kappa shape index (κ3) is 3.50. The van der Waals surface area contributed by atoms with Gasteiger partial charge in [0, 0.05) is 13.2 Å². The largest absolute Gasteiger partial charge is 0.480 e. The summed E-state index contributed by atoms with van der Waals surface area (Å²) in [5, 5.41) is 11.6. The van der Waals surface area contributed by atoms with Crippen molar-refractivity contribution in [3.8, 4) is 0 Å². The molecule has 5 heteroatoms. The van der Waals surface area contributed by atoms with E-state index in [1.54, 1.807) is 7.05 Å². The fourth-order valence-electron chi connectivity index (χ4n) is 1.61. The van der Waals surface area contributed by atoms with Gasteiger partial charge in [-0.05, 0) is 25.8 Å². The van der Waals surface area contributed by atoms with Crippen molar-refractivity contribution in [1.82, 2.24) is 5.32 Å². The van der Waals surface area contributed by atoms with Crippen LogP contribution in [0.3, 0.4) is 0 Å². The highest BCUT2D eigenvalue weighted by Crippen LogP contribution is 2.18. The first-order valence-corrected chi connectivity index (χ1v) is 4.23. The molecule has 1 aliphatic rings. The molecule has 1 unspecified atom stereocenters. The van der Waals surface area contributed by atoms with Gasteiger partial charge >= 0.3 is 5.97 Å². The number of nitrogens with one attached hydrogen (secondary N) is 1. The average molecular weight is 210 g/mol. The fourth-order valence-corrected chi connectivity index (χ4v) is 1.61. The van der Waals surface area contributed by atoms with Crippen LogP contribution in [0.15, 0.2) is 0 Å². The molecule has 0 spiro atoms. The minimum atomic E-state index is -0.760. The normalized spacial score (nSPS) is 20.4. The molecule has 0 aromatic heterocycles. The van der Waals surface area contributed by atoms with Gasteiger partial charge in [0.1, 0.15) is 6.04 Å². The molecule has 1 fully saturated rings. The van der Waals surface area contributed by atoms with E-state index in [0.29, 0.717) is 13.2 Å². The monoisotopic (exact) mass is 209 g/mol. The summed E-state index contributed by atoms with van der Waals surface area (Å²) in [5.41, 5.74) is 0. The van der Waals surface area contributed by atoms with Crippen molar-refractivity contribution in [2.45, 2.75) is 18.9 Å². The lowest BCUT2D eigenvalue weighted by Gasteiger charge is -2.26. The van der Waals surface area contributed by atoms with Crippen molar-refractivity contribution in [3.63, 3.8) is 0 Å². The van der Waals surface area contributed by atoms with E-state index in [4.69, 9.17) is 9.84 Å². The number of carboxylic acid groups (broad SMARTS) is 1. The quantitative estimate of drug-likeness (QED) is 0.711. The van der Waals surface area contributed by atoms with Crippen LogP contribution in [0.4, 0.5) is 0 Å². The molecule has 0 radical (unpaired) electrons. The van der Waals surface area contributed by atoms with E-state index in [0.717, 1.165) is 12.8 Å². The van der Waals surface area contributed by atoms with E-state index in [1.807, 2.05) is 0 Å². The third-order valence-electron chi connectivity index (χ3n) is 2.31. The Hall–Kier alpha value is -0.320. The molecule has 2 N–H and O–H groups in total. The fraction of sp³-hybridized carbons (Fsp3) is 0.875. The Bertz CT molecular complexity index is 159. The van der Waals surface area contributed by atoms with Gasteiger partial charge in [0.2, 0.25) is 0 Å². The Kier molecular flexibility index (Phi) is 6.03. The van der Waals surface area contributed by atoms with Crippen LogP contribution in [0, 0.1) is 5.92 Å². The van der Waals surface area contributed by atoms with Crippen molar-refractivity contribution >= 4 is 18.4 Å². The summed E-state index contributed by atoms with van der Waals surface area (Å²) in [6, 6.07) is -0.408. The van der Waals surface area contributed by atoms with E-state index >= 15 is 0 Å². The van der Waals surface area contributed by atoms with Gasteiger partial charge in [-0.15, -0.1) is 12.4 Å². The Labute approximate surface area is 84.1 Å². The standard InChI is InChI=1S/C8H15NO3.ClH/c1-9-7(8(10)11)6-2-4-12-5-3-6;/h6-7,9H,2-5H2,1H3,(H,10,11);1H. The van der Waals surface area contributed by atoms with E-state index in [9.17, 15) is 4.79 Å². The Morgan fingerprint density at radius 2 is 2.08 bits per heavy atom. The van der Waals surface area contributed by atoms with Crippen molar-refractivity contribution < 1.29 is 14.6 Å². The number of halogens is 1. The van der Waals surface area contributed by atoms with Gasteiger partial charge in [-0.2, -0.15) is 0 Å². The molecular formula is C8H16ClNO3. The maximum absolute atomic E-state index is 10.7. The smallest absolute Gasteiger partial charge is 0.320 e. The maximum Gasteiger partial charge on any atom is 0.320 e. The minimum Gasteiger partial charge on any atom is -0.480 e. The van der Waals surface area contributed by atoms with Crippen molar-refractivity contribution in [3.05, 3.63) is 0 Å². The first-order valence-electron chi connectivity index (χ1n) is 4.23. The highest BCUT2D eigenvalue weighted by atomic mass is 35.5. The summed E-state index contributed by atoms with van der Waals surface area (Å²) in [6.45, 7) is 1.38. The van der Waals surface area contributed by atoms with Gasteiger partial charge in [0.25, 0.3) is 0 Å². The second-order valence-electron chi connectivity index (χ2n) is 3.05. The summed E-state index contributed by atoms with van der Waals surface area (Å²) in [5.74, 6) is -0.536. The predicted octanol–water partition coefficient (Wildman–Crippen LogP) is 0.507. The number of hydrogen-bond acceptors (Lipinski definition) is 3. The van der Waals surface area contributed by atoms with Gasteiger partial charge in [0.05, 0.1) is 0 Å². The van der Waals surface area contributed by atoms with Crippen LogP contribution in [-0.2, 0) is 9.53 Å². The molecule has 13 heavy (non-hydrogen) atoms. The summed E-state index contributed by atoms with van der Waals surface area (Å²) < 4.78 is 5.15. The minimum absolute atomic E-state index is 0. The molecule has 78 valence electrons. The zero-order valence-corrected chi connectivity index (χ0v) is 8.47. The molecule has 1 rings (SSSR count). The molecular weight excluding hydrogens is 194 g/mol. The SMILES string of the molecule is CNC(C(=O)O)C1CCOCC1.Cl. The predicted molar refractivity (Wildman–Crippen MR) is 51.3 cm³/mol. The van der Waals surface area contributed by atoms with Gasteiger partial charge in [0.15, 0.2) is 0 Å². The second-order valence-corrected chi connectivity index (χ2v) is 3.05. The summed E-state index contributed by atoms with van der Waals surface area (Å²) >= 11 is 0. The van der Waals surface area contributed by atoms with Crippen molar-refractivity contribution in [2.24, 2.45) is 5.92 Å². The topological polar surface area (TPSA) is 58.6 Å². The van der Waals surface area contributed by atoms with Crippen LogP contribution < -0.4 is 5.32 Å². The van der Waals surface area contributed by atoms with Gasteiger partial charge < -0.3 is 15.2 Å². The van der Waals surface area contributed by atoms with Crippen LogP contribution in [0.25, 0.3) is 0 Å². The Morgan fingerprint density at radius 3 is 2.46 bits per heavy atom. The maximum atomic E-state index is 10.7. The van der Waals surface area contributed by atoms with Gasteiger partial charge in [-0.3, -0.25) is 4.79 Å². The zero-order valence-electron chi connectivity index (χ0n) is 7.66. The highest BCUT2D eigenvalue weighted by Gasteiger charge is 2.27. The number of aliphatic carboxylic acids is 1. The third-order valence-corrected chi connectivity index (χ3v) is 2.31. The molecule has 1 aliphatic heterocycles. The lowest BCUT2D eigenvalue weighted by Crippen LogP contribution is -2.42. The molecule has 0 saturated carbocycles. The zero-order chi connectivity index (χ0) is 8.97. The molecule has 1 atom stereocenters. The lowest BCUT2D eigenvalue weighted by molar-refractivity contribution is -0.141. The molecule has 4 nitrogen and oxygen atoms in total. The molecule has 0 aromatic carbocycles. The first-order chi connectivity index (χ1) is 5.75. The number of carboxylic acids is 1. The van der Waals surface area contributed by atoms with Gasteiger partial charge in [-0.25, -0.2) is 0 Å². The molecule has 1 saturated heterocycles. The van der Waals surface area contributed by atoms with E-state index in [-0.39, 0.29) is 18.3 Å². The van der Waals surface area contributed by atoms with Crippen LogP contribution in [0.2, 0.25) is 0 Å². The molecule has 0 amide bonds. The lowest BCUT2D eigenvalue weighted by atomic mass is 9.92. The number of likely N-dealkylation sites (N-methyl/N-ethyl adjacent to an activating group) is 1. The van der Waals surface area contributed by atoms with Crippen molar-refractivity contribution in [1.29, 1.82) is 0 Å². The van der Waals surface area contributed by atoms with E-state index < -0.39 is 12.0 Å². The molecule has 0 aromatic rings. The summed E-state index contributed by atoms with van der Waals surface area (Å²) in [6.07, 6.45) is 1.69. The number of hydrogen-bond donors (Lipinski definition) is 2. The van der Waals surface area contributed by atoms with Crippen LogP contribution in [-0.4, -0.2) is 37.4 Å². The Morgan fingerprint density at radius 1 is 1.54 bits per heavy atom. The molecule has 1 heterocycles. The number of rotatable bonds is 3.